The Morgan fingerprint density at radius 2 is 0.718 bits per heavy atom. The maximum absolute atomic E-state index is 13.0. The maximum Gasteiger partial charge on any atom is 0.246 e. The van der Waals surface area contributed by atoms with Crippen molar-refractivity contribution in [1.82, 2.24) is 89.1 Å². The standard InChI is InChI=1S/C31H35N7O2.C30H33N7O2.C29H31N7O2/c32-30-28-29(22-14-16-26(17-15-22)40-25-11-2-1-3-12-25)36-38(31(28)35-21-34-30)24-10-7-19-37(20-24)27(39)13-6-18-33-23-8-4-5-9-23;1-35(22-13-14-22)17-6-10-26(38)36-18-5-7-23(19-36)37-30-27(29(31)32-20-33-30)28(34-37)21-11-15-25(16-12-21)39-24-8-3-2-4-9-24;1-34(21-11-12-21)16-5-8-25(37)35-17-15-22(18-35)36-29-26(28(30)31-19-32-29)27(33-36)20-9-13-24(14-10-20)38-23-6-3-2-4-7-23/h1-3,6,11-17,21,23-24,33H,4-5,7-10,18-20H2,(H2,32,34,35);2-4,6,8-12,15-16,20,22-23H,5,7,13-14,17-19H2,1H3,(H2,31,32,33);2-10,13-14,19,21-22H,11-12,15-18H2,1H3,(H2,30,31,32)/b13-6+;10-6+;8-5+/t24-;23-;22-/m111/s1. The number of anilines is 3. The molecule has 600 valence electrons. The number of likely N-dealkylation sites (N-methyl/N-ethyl adjacent to an activating group) is 2. The van der Waals surface area contributed by atoms with Crippen molar-refractivity contribution in [1.29, 1.82) is 0 Å². The van der Waals surface area contributed by atoms with Crippen LogP contribution in [0.15, 0.2) is 219 Å². The van der Waals surface area contributed by atoms with Crippen molar-refractivity contribution >= 4 is 68.3 Å². The van der Waals surface area contributed by atoms with Gasteiger partial charge in [0.2, 0.25) is 17.7 Å². The first kappa shape index (κ1) is 78.2. The number of carbonyl (C=O) groups is 3. The normalized spacial score (nSPS) is 17.8. The minimum atomic E-state index is -0.00560. The lowest BCUT2D eigenvalue weighted by Crippen LogP contribution is -2.40. The number of fused-ring (bicyclic) bond motifs is 3. The van der Waals surface area contributed by atoms with Gasteiger partial charge in [0.05, 0.1) is 34.3 Å². The molecule has 0 spiro atoms. The Balaban J connectivity index is 0.000000131. The highest BCUT2D eigenvalue weighted by Crippen LogP contribution is 2.40. The summed E-state index contributed by atoms with van der Waals surface area (Å²) < 4.78 is 23.6. The number of hydrogen-bond acceptors (Lipinski definition) is 21. The third-order valence-electron chi connectivity index (χ3n) is 22.6. The van der Waals surface area contributed by atoms with Crippen LogP contribution >= 0.6 is 0 Å². The quantitative estimate of drug-likeness (QED) is 0.0408. The number of para-hydroxylation sites is 3. The molecule has 3 amide bonds. The molecular weight excluding hydrogens is 1470 g/mol. The SMILES string of the molecule is CN(C/C=C/C(=O)N1CCC[C@@H](n2nc(-c3ccc(Oc4ccccc4)cc3)c3c(N)ncnc32)C1)C1CC1.CN(C/C=C/C(=O)N1CC[C@@H](n2nc(-c3ccc(Oc4ccccc4)cc3)c3c(N)ncnc32)C1)C1CC1.Nc1ncnc2c1c(-c1ccc(Oc3ccccc3)cc1)nn2[C@@H]1CCCN(C(=O)/C=C/CNC2CCCC2)C1. The van der Waals surface area contributed by atoms with Crippen LogP contribution in [0, 0.1) is 0 Å². The second kappa shape index (κ2) is 36.4. The Labute approximate surface area is 679 Å². The fraction of sp³-hybridized carbons (Fsp3) is 0.333. The third kappa shape index (κ3) is 19.0. The number of rotatable bonds is 24. The van der Waals surface area contributed by atoms with Crippen molar-refractivity contribution < 1.29 is 28.6 Å². The number of ether oxygens (including phenoxy) is 3. The largest absolute Gasteiger partial charge is 0.457 e. The molecule has 6 aliphatic rings. The first-order chi connectivity index (χ1) is 57.3. The maximum atomic E-state index is 13.0. The van der Waals surface area contributed by atoms with E-state index < -0.39 is 0 Å². The summed E-state index contributed by atoms with van der Waals surface area (Å²) in [5, 5.41) is 20.6. The van der Waals surface area contributed by atoms with Crippen LogP contribution in [0.3, 0.4) is 0 Å². The van der Waals surface area contributed by atoms with Gasteiger partial charge in [0.25, 0.3) is 0 Å². The monoisotopic (exact) mass is 1570 g/mol. The summed E-state index contributed by atoms with van der Waals surface area (Å²) in [7, 11) is 4.22. The van der Waals surface area contributed by atoms with E-state index in [2.05, 4.69) is 59.1 Å². The molecule has 0 unspecified atom stereocenters. The van der Waals surface area contributed by atoms with Crippen LogP contribution in [-0.2, 0) is 14.4 Å². The van der Waals surface area contributed by atoms with Crippen LogP contribution in [0.2, 0.25) is 0 Å². The Hall–Kier alpha value is -12.7. The number of likely N-dealkylation sites (tertiary alicyclic amines) is 3. The van der Waals surface area contributed by atoms with Crippen molar-refractivity contribution in [2.24, 2.45) is 0 Å². The zero-order valence-corrected chi connectivity index (χ0v) is 66.1. The smallest absolute Gasteiger partial charge is 0.246 e. The highest BCUT2D eigenvalue weighted by Gasteiger charge is 2.34. The summed E-state index contributed by atoms with van der Waals surface area (Å²) in [6.07, 6.45) is 29.9. The molecule has 6 fully saturated rings. The van der Waals surface area contributed by atoms with Crippen molar-refractivity contribution in [2.45, 2.75) is 120 Å². The van der Waals surface area contributed by atoms with Crippen molar-refractivity contribution in [2.75, 3.05) is 90.2 Å². The molecule has 27 nitrogen and oxygen atoms in total. The zero-order valence-electron chi connectivity index (χ0n) is 66.1. The van der Waals surface area contributed by atoms with Crippen LogP contribution in [0.25, 0.3) is 66.9 Å². The number of nitrogens with one attached hydrogen (secondary N) is 1. The van der Waals surface area contributed by atoms with E-state index in [1.807, 2.05) is 211 Å². The van der Waals surface area contributed by atoms with E-state index in [-0.39, 0.29) is 35.8 Å². The summed E-state index contributed by atoms with van der Waals surface area (Å²) in [4.78, 5) is 75.5. The fourth-order valence-corrected chi connectivity index (χ4v) is 15.9. The number of carbonyl (C=O) groups excluding carboxylic acids is 3. The number of amides is 3. The molecule has 6 aromatic heterocycles. The number of nitrogens with two attached hydrogens (primary N) is 3. The molecule has 0 radical (unpaired) electrons. The van der Waals surface area contributed by atoms with Crippen molar-refractivity contribution in [3.05, 3.63) is 219 Å². The molecule has 27 heteroatoms. The van der Waals surface area contributed by atoms with E-state index in [0.29, 0.717) is 78.7 Å². The van der Waals surface area contributed by atoms with Gasteiger partial charge in [-0.25, -0.2) is 43.9 Å². The van der Waals surface area contributed by atoms with E-state index in [9.17, 15) is 14.4 Å². The van der Waals surface area contributed by atoms with Gasteiger partial charge in [-0.15, -0.1) is 0 Å². The van der Waals surface area contributed by atoms with Gasteiger partial charge < -0.3 is 51.4 Å². The van der Waals surface area contributed by atoms with E-state index in [0.717, 1.165) is 149 Å². The highest BCUT2D eigenvalue weighted by atomic mass is 16.5. The average molecular weight is 1570 g/mol. The van der Waals surface area contributed by atoms with Crippen molar-refractivity contribution in [3.63, 3.8) is 0 Å². The predicted molar refractivity (Wildman–Crippen MR) is 454 cm³/mol. The number of piperidine rings is 2. The molecule has 3 saturated heterocycles. The molecule has 3 saturated carbocycles. The second-order valence-corrected chi connectivity index (χ2v) is 30.9. The van der Waals surface area contributed by atoms with Gasteiger partial charge in [0.1, 0.15) is 88.0 Å². The minimum Gasteiger partial charge on any atom is -0.457 e. The number of benzene rings is 6. The first-order valence-electron chi connectivity index (χ1n) is 40.7. The second-order valence-electron chi connectivity index (χ2n) is 30.9. The fourth-order valence-electron chi connectivity index (χ4n) is 15.9. The van der Waals surface area contributed by atoms with Gasteiger partial charge in [0.15, 0.2) is 16.9 Å². The molecule has 3 atom stereocenters. The minimum absolute atomic E-state index is 0.00326. The van der Waals surface area contributed by atoms with Gasteiger partial charge in [-0.1, -0.05) is 85.7 Å². The van der Waals surface area contributed by atoms with Gasteiger partial charge >= 0.3 is 0 Å². The van der Waals surface area contributed by atoms with Crippen LogP contribution in [0.1, 0.15) is 102 Å². The lowest BCUT2D eigenvalue weighted by atomic mass is 10.1. The average Bonchev–Trinajstić information content (AvgIpc) is 1.62. The van der Waals surface area contributed by atoms with Crippen molar-refractivity contribution in [3.8, 4) is 68.3 Å². The molecule has 7 N–H and O–H groups in total. The molecule has 6 aromatic carbocycles. The molecule has 117 heavy (non-hydrogen) atoms. The van der Waals surface area contributed by atoms with E-state index in [4.69, 9.17) is 46.7 Å². The Bertz CT molecular complexity index is 5490. The first-order valence-corrected chi connectivity index (χ1v) is 40.7. The van der Waals surface area contributed by atoms with Gasteiger partial charge in [-0.05, 0) is 194 Å². The van der Waals surface area contributed by atoms with Crippen LogP contribution in [0.4, 0.5) is 17.5 Å². The number of hydrogen-bond donors (Lipinski definition) is 4. The number of nitrogen functional groups attached to an aromatic ring is 3. The lowest BCUT2D eigenvalue weighted by molar-refractivity contribution is -0.128. The molecule has 9 heterocycles. The van der Waals surface area contributed by atoms with Gasteiger partial charge in [-0.3, -0.25) is 24.2 Å². The molecule has 3 aliphatic heterocycles. The molecular formula is C90H99N21O6. The predicted octanol–water partition coefficient (Wildman–Crippen LogP) is 14.1. The Morgan fingerprint density at radius 1 is 0.393 bits per heavy atom. The topological polar surface area (TPSA) is 316 Å². The van der Waals surface area contributed by atoms with Gasteiger partial charge in [0, 0.05) is 112 Å². The Morgan fingerprint density at radius 3 is 1.07 bits per heavy atom. The van der Waals surface area contributed by atoms with E-state index in [1.54, 1.807) is 18.2 Å². The number of aromatic nitrogens is 12. The van der Waals surface area contributed by atoms with Crippen LogP contribution in [-0.4, -0.2) is 193 Å². The van der Waals surface area contributed by atoms with E-state index >= 15 is 0 Å². The van der Waals surface area contributed by atoms with Gasteiger partial charge in [-0.2, -0.15) is 15.3 Å². The zero-order chi connectivity index (χ0) is 80.1. The molecule has 0 bridgehead atoms. The van der Waals surface area contributed by atoms with Crippen LogP contribution < -0.4 is 36.7 Å². The summed E-state index contributed by atoms with van der Waals surface area (Å²) in [5.74, 6) is 5.80. The molecule has 12 aromatic rings. The summed E-state index contributed by atoms with van der Waals surface area (Å²) in [5.41, 5.74) is 25.9. The van der Waals surface area contributed by atoms with E-state index in [1.165, 1.54) is 70.3 Å². The summed E-state index contributed by atoms with van der Waals surface area (Å²) in [6, 6.07) is 54.2. The third-order valence-corrected chi connectivity index (χ3v) is 22.6. The Kier molecular flexibility index (Phi) is 24.3. The summed E-state index contributed by atoms with van der Waals surface area (Å²) >= 11 is 0. The molecule has 18 rings (SSSR count). The number of nitrogens with zero attached hydrogens (tertiary/aromatic N) is 17. The summed E-state index contributed by atoms with van der Waals surface area (Å²) in [6.45, 7) is 6.20. The highest BCUT2D eigenvalue weighted by molar-refractivity contribution is 6.00. The lowest BCUT2D eigenvalue weighted by Gasteiger charge is -2.32. The van der Waals surface area contributed by atoms with Crippen LogP contribution in [0.5, 0.6) is 34.5 Å². The molecule has 3 aliphatic carbocycles.